The summed E-state index contributed by atoms with van der Waals surface area (Å²) in [5.74, 6) is -2.87. The van der Waals surface area contributed by atoms with Crippen molar-refractivity contribution in [2.45, 2.75) is 12.8 Å². The van der Waals surface area contributed by atoms with Gasteiger partial charge in [-0.05, 0) is 48.5 Å². The van der Waals surface area contributed by atoms with E-state index in [0.29, 0.717) is 11.1 Å². The van der Waals surface area contributed by atoms with Crippen LogP contribution in [0.1, 0.15) is 33.6 Å². The Morgan fingerprint density at radius 1 is 0.607 bits per heavy atom. The molecule has 2 amide bonds. The molecule has 150 valence electrons. The van der Waals surface area contributed by atoms with Crippen molar-refractivity contribution in [1.29, 1.82) is 0 Å². The van der Waals surface area contributed by atoms with Gasteiger partial charge in [-0.1, -0.05) is 0 Å². The van der Waals surface area contributed by atoms with Gasteiger partial charge in [0.15, 0.2) is 0 Å². The number of rotatable bonds is 5. The number of phenolic OH excluding ortho intramolecular Hbond substituents is 2. The summed E-state index contributed by atoms with van der Waals surface area (Å²) < 4.78 is 0. The molecule has 0 aliphatic carbocycles. The maximum absolute atomic E-state index is 10.5. The summed E-state index contributed by atoms with van der Waals surface area (Å²) in [6, 6.07) is 11.5. The van der Waals surface area contributed by atoms with Gasteiger partial charge in [-0.15, -0.1) is 0 Å². The number of phenols is 2. The van der Waals surface area contributed by atoms with Crippen molar-refractivity contribution in [3.63, 3.8) is 0 Å². The fourth-order valence-corrected chi connectivity index (χ4v) is 1.47. The molecule has 10 heteroatoms. The molecule has 0 radical (unpaired) electrons. The van der Waals surface area contributed by atoms with Gasteiger partial charge < -0.3 is 31.9 Å². The molecule has 0 bridgehead atoms. The van der Waals surface area contributed by atoms with E-state index in [1.165, 1.54) is 48.5 Å². The molecule has 0 aliphatic heterocycles. The van der Waals surface area contributed by atoms with E-state index >= 15 is 0 Å². The summed E-state index contributed by atoms with van der Waals surface area (Å²) in [5, 5.41) is 33.4. The molecular weight excluding hydrogens is 372 g/mol. The number of benzene rings is 2. The third kappa shape index (κ3) is 11.5. The molecule has 2 aromatic rings. The highest BCUT2D eigenvalue weighted by Gasteiger charge is 2.00. The summed E-state index contributed by atoms with van der Waals surface area (Å²) in [6.07, 6.45) is -0.593. The topological polar surface area (TPSA) is 201 Å². The van der Waals surface area contributed by atoms with Crippen LogP contribution < -0.4 is 11.5 Å². The Kier molecular flexibility index (Phi) is 10.5. The lowest BCUT2D eigenvalue weighted by molar-refractivity contribution is -0.143. The minimum absolute atomic E-state index is 0.130. The zero-order chi connectivity index (χ0) is 21.7. The molecule has 0 unspecified atom stereocenters. The van der Waals surface area contributed by atoms with Crippen LogP contribution in [0.4, 0.5) is 0 Å². The van der Waals surface area contributed by atoms with E-state index in [0.717, 1.165) is 0 Å². The Morgan fingerprint density at radius 3 is 1.04 bits per heavy atom. The Morgan fingerprint density at radius 2 is 0.857 bits per heavy atom. The molecule has 0 saturated carbocycles. The monoisotopic (exact) mass is 392 g/mol. The first-order valence-corrected chi connectivity index (χ1v) is 7.64. The molecule has 8 N–H and O–H groups in total. The molecule has 10 nitrogen and oxygen atoms in total. The van der Waals surface area contributed by atoms with Crippen LogP contribution in [0.25, 0.3) is 0 Å². The smallest absolute Gasteiger partial charge is 0.303 e. The van der Waals surface area contributed by atoms with Crippen LogP contribution in [0.5, 0.6) is 11.5 Å². The van der Waals surface area contributed by atoms with E-state index in [9.17, 15) is 19.2 Å². The number of carboxylic acid groups (broad SMARTS) is 2. The van der Waals surface area contributed by atoms with Crippen LogP contribution >= 0.6 is 0 Å². The number of nitrogens with two attached hydrogens (primary N) is 2. The van der Waals surface area contributed by atoms with Crippen molar-refractivity contribution in [2.75, 3.05) is 0 Å². The molecule has 0 fully saturated rings. The number of carbonyl (C=O) groups is 4. The van der Waals surface area contributed by atoms with E-state index in [-0.39, 0.29) is 24.3 Å². The highest BCUT2D eigenvalue weighted by Crippen LogP contribution is 2.09. The van der Waals surface area contributed by atoms with Gasteiger partial charge in [0, 0.05) is 11.1 Å². The van der Waals surface area contributed by atoms with Crippen molar-refractivity contribution in [1.82, 2.24) is 0 Å². The average Bonchev–Trinajstić information content (AvgIpc) is 2.62. The van der Waals surface area contributed by atoms with Crippen LogP contribution in [0.2, 0.25) is 0 Å². The molecule has 0 heterocycles. The van der Waals surface area contributed by atoms with Crippen molar-refractivity contribution in [3.8, 4) is 11.5 Å². The van der Waals surface area contributed by atoms with Crippen LogP contribution in [0, 0.1) is 0 Å². The number of amides is 2. The number of carbonyl (C=O) groups excluding carboxylic acids is 2. The SMILES string of the molecule is NC(=O)c1ccc(O)cc1.NC(=O)c1ccc(O)cc1.O=C(O)CCC(=O)O. The highest BCUT2D eigenvalue weighted by molar-refractivity contribution is 5.93. The van der Waals surface area contributed by atoms with Gasteiger partial charge in [0.05, 0.1) is 12.8 Å². The minimum Gasteiger partial charge on any atom is -0.508 e. The molecule has 0 aliphatic rings. The first-order valence-electron chi connectivity index (χ1n) is 7.64. The van der Waals surface area contributed by atoms with Gasteiger partial charge in [0.2, 0.25) is 11.8 Å². The number of carboxylic acids is 2. The predicted octanol–water partition coefficient (Wildman–Crippen LogP) is 0.918. The molecule has 2 aromatic carbocycles. The molecule has 0 atom stereocenters. The third-order valence-electron chi connectivity index (χ3n) is 2.86. The van der Waals surface area contributed by atoms with Crippen LogP contribution in [0.15, 0.2) is 48.5 Å². The number of aliphatic carboxylic acids is 2. The maximum Gasteiger partial charge on any atom is 0.303 e. The molecule has 0 spiro atoms. The largest absolute Gasteiger partial charge is 0.508 e. The summed E-state index contributed by atoms with van der Waals surface area (Å²) in [5.41, 5.74) is 10.7. The fourth-order valence-electron chi connectivity index (χ4n) is 1.47. The first kappa shape index (κ1) is 23.9. The summed E-state index contributed by atoms with van der Waals surface area (Å²) in [7, 11) is 0. The molecule has 28 heavy (non-hydrogen) atoms. The zero-order valence-corrected chi connectivity index (χ0v) is 14.6. The van der Waals surface area contributed by atoms with Crippen molar-refractivity contribution in [3.05, 3.63) is 59.7 Å². The third-order valence-corrected chi connectivity index (χ3v) is 2.86. The van der Waals surface area contributed by atoms with E-state index in [4.69, 9.17) is 31.9 Å². The van der Waals surface area contributed by atoms with Gasteiger partial charge in [0.25, 0.3) is 0 Å². The van der Waals surface area contributed by atoms with E-state index < -0.39 is 23.8 Å². The van der Waals surface area contributed by atoms with Gasteiger partial charge in [-0.3, -0.25) is 19.2 Å². The van der Waals surface area contributed by atoms with Gasteiger partial charge in [-0.25, -0.2) is 0 Å². The standard InChI is InChI=1S/2C7H7NO2.C4H6O4/c2*8-7(10)5-1-3-6(9)4-2-5;5-3(6)1-2-4(7)8/h2*1-4,9H,(H2,8,10);1-2H2,(H,5,6)(H,7,8). The number of primary amides is 2. The lowest BCUT2D eigenvalue weighted by atomic mass is 10.2. The Labute approximate surface area is 159 Å². The molecule has 0 saturated heterocycles. The average molecular weight is 392 g/mol. The van der Waals surface area contributed by atoms with Crippen molar-refractivity contribution < 1.29 is 39.6 Å². The van der Waals surface area contributed by atoms with Crippen LogP contribution in [0.3, 0.4) is 0 Å². The minimum atomic E-state index is -1.08. The summed E-state index contributed by atoms with van der Waals surface area (Å²) >= 11 is 0. The van der Waals surface area contributed by atoms with Crippen molar-refractivity contribution in [2.24, 2.45) is 11.5 Å². The molecular formula is C18H20N2O8. The van der Waals surface area contributed by atoms with E-state index in [1.807, 2.05) is 0 Å². The first-order chi connectivity index (χ1) is 13.0. The summed E-state index contributed by atoms with van der Waals surface area (Å²) in [4.78, 5) is 40.2. The van der Waals surface area contributed by atoms with E-state index in [1.54, 1.807) is 0 Å². The van der Waals surface area contributed by atoms with Gasteiger partial charge in [0.1, 0.15) is 11.5 Å². The number of hydrogen-bond donors (Lipinski definition) is 6. The second kappa shape index (κ2) is 12.3. The second-order valence-corrected chi connectivity index (χ2v) is 5.11. The lowest BCUT2D eigenvalue weighted by Gasteiger charge is -1.93. The highest BCUT2D eigenvalue weighted by atomic mass is 16.4. The Bertz CT molecular complexity index is 732. The maximum atomic E-state index is 10.5. The van der Waals surface area contributed by atoms with Gasteiger partial charge >= 0.3 is 11.9 Å². The van der Waals surface area contributed by atoms with E-state index in [2.05, 4.69) is 0 Å². The quantitative estimate of drug-likeness (QED) is 0.431. The van der Waals surface area contributed by atoms with Crippen LogP contribution in [-0.2, 0) is 9.59 Å². The fraction of sp³-hybridized carbons (Fsp3) is 0.111. The zero-order valence-electron chi connectivity index (χ0n) is 14.6. The van der Waals surface area contributed by atoms with Crippen molar-refractivity contribution >= 4 is 23.8 Å². The van der Waals surface area contributed by atoms with Gasteiger partial charge in [-0.2, -0.15) is 0 Å². The normalized spacial score (nSPS) is 9.00. The van der Waals surface area contributed by atoms with Crippen LogP contribution in [-0.4, -0.2) is 44.2 Å². The Hall–Kier alpha value is -4.08. The molecule has 0 aromatic heterocycles. The number of aromatic hydroxyl groups is 2. The molecule has 2 rings (SSSR count). The Balaban J connectivity index is 0.000000394. The number of hydrogen-bond acceptors (Lipinski definition) is 6. The second-order valence-electron chi connectivity index (χ2n) is 5.11. The predicted molar refractivity (Wildman–Crippen MR) is 97.8 cm³/mol. The lowest BCUT2D eigenvalue weighted by Crippen LogP contribution is -2.10. The summed E-state index contributed by atoms with van der Waals surface area (Å²) in [6.45, 7) is 0.